The molecule has 1 aliphatic heterocycles. The Morgan fingerprint density at radius 1 is 1.17 bits per heavy atom. The van der Waals surface area contributed by atoms with E-state index in [4.69, 9.17) is 0 Å². The number of nitrogens with zero attached hydrogens (tertiary/aromatic N) is 4. The maximum absolute atomic E-state index is 4.46. The van der Waals surface area contributed by atoms with Crippen LogP contribution in [0.3, 0.4) is 0 Å². The molecule has 1 atom stereocenters. The molecule has 0 bridgehead atoms. The maximum atomic E-state index is 4.46. The molecule has 6 nitrogen and oxygen atoms in total. The minimum absolute atomic E-state index is 0. The molecule has 1 aliphatic rings. The van der Waals surface area contributed by atoms with E-state index in [9.17, 15) is 0 Å². The Kier molecular flexibility index (Phi) is 10.4. The average molecular weight is 522 g/mol. The SMILES string of the molecule is CN=C(NCC(C)N(C)Cc1ccccc1)NC1CCN(c2ccccn2)CC1.I. The van der Waals surface area contributed by atoms with Crippen LogP contribution in [0.2, 0.25) is 0 Å². The fourth-order valence-electron chi connectivity index (χ4n) is 3.61. The molecule has 0 spiro atoms. The van der Waals surface area contributed by atoms with Crippen molar-refractivity contribution in [3.63, 3.8) is 0 Å². The number of hydrogen-bond acceptors (Lipinski definition) is 4. The number of aliphatic imine (C=N–C) groups is 1. The lowest BCUT2D eigenvalue weighted by Gasteiger charge is -2.34. The molecular weight excluding hydrogens is 487 g/mol. The van der Waals surface area contributed by atoms with E-state index in [-0.39, 0.29) is 24.0 Å². The van der Waals surface area contributed by atoms with Crippen LogP contribution in [-0.4, -0.2) is 61.7 Å². The molecule has 0 amide bonds. The van der Waals surface area contributed by atoms with E-state index in [0.717, 1.165) is 50.8 Å². The number of halogens is 1. The van der Waals surface area contributed by atoms with Gasteiger partial charge in [-0.3, -0.25) is 9.89 Å². The van der Waals surface area contributed by atoms with Crippen molar-refractivity contribution in [3.8, 4) is 0 Å². The zero-order valence-electron chi connectivity index (χ0n) is 18.3. The normalized spacial score (nSPS) is 16.1. The second-order valence-electron chi connectivity index (χ2n) is 7.80. The predicted octanol–water partition coefficient (Wildman–Crippen LogP) is 3.35. The van der Waals surface area contributed by atoms with Gasteiger partial charge in [0.1, 0.15) is 5.82 Å². The van der Waals surface area contributed by atoms with Crippen LogP contribution < -0.4 is 15.5 Å². The molecule has 0 aliphatic carbocycles. The summed E-state index contributed by atoms with van der Waals surface area (Å²) < 4.78 is 0. The first-order valence-electron chi connectivity index (χ1n) is 10.5. The van der Waals surface area contributed by atoms with Gasteiger partial charge < -0.3 is 15.5 Å². The van der Waals surface area contributed by atoms with E-state index in [2.05, 4.69) is 86.8 Å². The number of pyridine rings is 1. The highest BCUT2D eigenvalue weighted by molar-refractivity contribution is 14.0. The lowest BCUT2D eigenvalue weighted by molar-refractivity contribution is 0.249. The largest absolute Gasteiger partial charge is 0.356 e. The number of rotatable bonds is 7. The fraction of sp³-hybridized carbons (Fsp3) is 0.478. The van der Waals surface area contributed by atoms with Gasteiger partial charge in [0, 0.05) is 51.5 Å². The summed E-state index contributed by atoms with van der Waals surface area (Å²) in [5.41, 5.74) is 1.34. The summed E-state index contributed by atoms with van der Waals surface area (Å²) in [5.74, 6) is 1.96. The Morgan fingerprint density at radius 3 is 2.50 bits per heavy atom. The second-order valence-corrected chi connectivity index (χ2v) is 7.80. The van der Waals surface area contributed by atoms with E-state index < -0.39 is 0 Å². The van der Waals surface area contributed by atoms with Crippen LogP contribution in [0.1, 0.15) is 25.3 Å². The molecular formula is C23H35IN6. The maximum Gasteiger partial charge on any atom is 0.191 e. The summed E-state index contributed by atoms with van der Waals surface area (Å²) in [7, 11) is 4.01. The molecule has 0 saturated carbocycles. The van der Waals surface area contributed by atoms with Crippen LogP contribution in [0.25, 0.3) is 0 Å². The molecule has 1 aromatic carbocycles. The summed E-state index contributed by atoms with van der Waals surface area (Å²) in [4.78, 5) is 13.6. The topological polar surface area (TPSA) is 55.8 Å². The number of anilines is 1. The van der Waals surface area contributed by atoms with Crippen molar-refractivity contribution in [3.05, 3.63) is 60.3 Å². The molecule has 1 saturated heterocycles. The number of guanidine groups is 1. The fourth-order valence-corrected chi connectivity index (χ4v) is 3.61. The van der Waals surface area contributed by atoms with Gasteiger partial charge in [0.2, 0.25) is 0 Å². The van der Waals surface area contributed by atoms with Gasteiger partial charge in [-0.1, -0.05) is 36.4 Å². The van der Waals surface area contributed by atoms with Crippen molar-refractivity contribution in [2.45, 2.75) is 38.4 Å². The second kappa shape index (κ2) is 12.7. The van der Waals surface area contributed by atoms with Gasteiger partial charge in [0.05, 0.1) is 0 Å². The van der Waals surface area contributed by atoms with E-state index in [1.165, 1.54) is 5.56 Å². The van der Waals surface area contributed by atoms with Crippen molar-refractivity contribution < 1.29 is 0 Å². The summed E-state index contributed by atoms with van der Waals surface area (Å²) in [6.45, 7) is 6.08. The quantitative estimate of drug-likeness (QED) is 0.332. The number of piperidine rings is 1. The molecule has 30 heavy (non-hydrogen) atoms. The molecule has 2 heterocycles. The zero-order chi connectivity index (χ0) is 20.5. The first-order valence-corrected chi connectivity index (χ1v) is 10.5. The van der Waals surface area contributed by atoms with Gasteiger partial charge in [0.25, 0.3) is 0 Å². The number of hydrogen-bond donors (Lipinski definition) is 2. The van der Waals surface area contributed by atoms with Crippen LogP contribution in [0, 0.1) is 0 Å². The highest BCUT2D eigenvalue weighted by Gasteiger charge is 2.21. The molecule has 1 fully saturated rings. The summed E-state index contributed by atoms with van der Waals surface area (Å²) >= 11 is 0. The Bertz CT molecular complexity index is 747. The number of benzene rings is 1. The van der Waals surface area contributed by atoms with E-state index in [0.29, 0.717) is 12.1 Å². The van der Waals surface area contributed by atoms with Gasteiger partial charge in [0.15, 0.2) is 5.96 Å². The van der Waals surface area contributed by atoms with Crippen molar-refractivity contribution >= 4 is 35.8 Å². The van der Waals surface area contributed by atoms with E-state index in [1.807, 2.05) is 19.3 Å². The Morgan fingerprint density at radius 2 is 1.87 bits per heavy atom. The highest BCUT2D eigenvalue weighted by atomic mass is 127. The molecule has 7 heteroatoms. The molecule has 3 rings (SSSR count). The highest BCUT2D eigenvalue weighted by Crippen LogP contribution is 2.17. The Balaban J connectivity index is 0.00000320. The summed E-state index contributed by atoms with van der Waals surface area (Å²) in [6.07, 6.45) is 4.03. The number of likely N-dealkylation sites (N-methyl/N-ethyl adjacent to an activating group) is 1. The molecule has 0 radical (unpaired) electrons. The number of aromatic nitrogens is 1. The minimum Gasteiger partial charge on any atom is -0.356 e. The predicted molar refractivity (Wildman–Crippen MR) is 137 cm³/mol. The van der Waals surface area contributed by atoms with E-state index in [1.54, 1.807) is 0 Å². The first kappa shape index (κ1) is 24.4. The third-order valence-electron chi connectivity index (χ3n) is 5.62. The van der Waals surface area contributed by atoms with E-state index >= 15 is 0 Å². The number of nitrogens with one attached hydrogen (secondary N) is 2. The van der Waals surface area contributed by atoms with Crippen LogP contribution in [0.15, 0.2) is 59.7 Å². The Labute approximate surface area is 198 Å². The van der Waals surface area contributed by atoms with Crippen LogP contribution in [0.5, 0.6) is 0 Å². The van der Waals surface area contributed by atoms with Crippen molar-refractivity contribution in [1.29, 1.82) is 0 Å². The first-order chi connectivity index (χ1) is 14.2. The van der Waals surface area contributed by atoms with Gasteiger partial charge in [-0.05, 0) is 44.5 Å². The summed E-state index contributed by atoms with van der Waals surface area (Å²) in [5, 5.41) is 7.09. The summed E-state index contributed by atoms with van der Waals surface area (Å²) in [6, 6.07) is 17.5. The van der Waals surface area contributed by atoms with Gasteiger partial charge >= 0.3 is 0 Å². The van der Waals surface area contributed by atoms with Gasteiger partial charge in [-0.15, -0.1) is 24.0 Å². The Hall–Kier alpha value is -1.87. The molecule has 164 valence electrons. The molecule has 1 aromatic heterocycles. The third kappa shape index (κ3) is 7.43. The van der Waals surface area contributed by atoms with Gasteiger partial charge in [-0.25, -0.2) is 4.98 Å². The molecule has 2 aromatic rings. The smallest absolute Gasteiger partial charge is 0.191 e. The van der Waals surface area contributed by atoms with Crippen molar-refractivity contribution in [2.75, 3.05) is 38.6 Å². The van der Waals surface area contributed by atoms with Gasteiger partial charge in [-0.2, -0.15) is 0 Å². The lowest BCUT2D eigenvalue weighted by Crippen LogP contribution is -2.51. The average Bonchev–Trinajstić information content (AvgIpc) is 2.78. The van der Waals surface area contributed by atoms with Crippen molar-refractivity contribution in [1.82, 2.24) is 20.5 Å². The zero-order valence-corrected chi connectivity index (χ0v) is 20.6. The third-order valence-corrected chi connectivity index (χ3v) is 5.62. The van der Waals surface area contributed by atoms with Crippen molar-refractivity contribution in [2.24, 2.45) is 4.99 Å². The lowest BCUT2D eigenvalue weighted by atomic mass is 10.1. The molecule has 2 N–H and O–H groups in total. The standard InChI is InChI=1S/C23H34N6.HI/c1-19(28(3)18-20-9-5-4-6-10-20)17-26-23(24-2)27-21-12-15-29(16-13-21)22-11-7-8-14-25-22;/h4-11,14,19,21H,12-13,15-18H2,1-3H3,(H2,24,26,27);1H. The van der Waals surface area contributed by atoms with Crippen LogP contribution in [0.4, 0.5) is 5.82 Å². The minimum atomic E-state index is 0. The molecule has 1 unspecified atom stereocenters. The monoisotopic (exact) mass is 522 g/mol. The van der Waals surface area contributed by atoms with Crippen LogP contribution in [-0.2, 0) is 6.54 Å². The van der Waals surface area contributed by atoms with Crippen LogP contribution >= 0.6 is 24.0 Å².